The van der Waals surface area contributed by atoms with E-state index in [1.807, 2.05) is 0 Å². The van der Waals surface area contributed by atoms with Crippen LogP contribution in [0.5, 0.6) is 0 Å². The Labute approximate surface area is 109 Å². The first-order valence-electron chi connectivity index (χ1n) is 5.76. The summed E-state index contributed by atoms with van der Waals surface area (Å²) < 4.78 is 4.80. The lowest BCUT2D eigenvalue weighted by molar-refractivity contribution is -0.125. The van der Waals surface area contributed by atoms with E-state index in [0.717, 1.165) is 4.90 Å². The number of likely N-dealkylation sites (N-methyl/N-ethyl adjacent to an activating group) is 1. The molecule has 1 saturated heterocycles. The summed E-state index contributed by atoms with van der Waals surface area (Å²) in [6, 6.07) is 1.20. The molecule has 1 aromatic heterocycles. The molecule has 0 aromatic carbocycles. The summed E-state index contributed by atoms with van der Waals surface area (Å²) in [5, 5.41) is 6.14. The van der Waals surface area contributed by atoms with Crippen molar-refractivity contribution in [1.82, 2.24) is 15.0 Å². The number of imide groups is 1. The Morgan fingerprint density at radius 2 is 2.26 bits per heavy atom. The minimum atomic E-state index is -0.380. The van der Waals surface area contributed by atoms with Crippen LogP contribution in [0.15, 0.2) is 10.6 Å². The molecule has 1 N–H and O–H groups in total. The first-order valence-corrected chi connectivity index (χ1v) is 5.76. The van der Waals surface area contributed by atoms with Crippen molar-refractivity contribution >= 4 is 23.7 Å². The molecule has 8 heteroatoms. The van der Waals surface area contributed by atoms with E-state index in [2.05, 4.69) is 10.5 Å². The zero-order chi connectivity index (χ0) is 14.0. The Morgan fingerprint density at radius 1 is 1.53 bits per heavy atom. The topological polar surface area (TPSA) is 95.8 Å². The molecule has 0 spiro atoms. The molecule has 2 rings (SSSR count). The zero-order valence-corrected chi connectivity index (χ0v) is 10.7. The molecule has 0 aliphatic carbocycles. The predicted molar refractivity (Wildman–Crippen MR) is 64.2 cm³/mol. The maximum Gasteiger partial charge on any atom is 0.326 e. The van der Waals surface area contributed by atoms with E-state index >= 15 is 0 Å². The number of carbonyl (C=O) groups excluding carboxylic acids is 3. The third-order valence-electron chi connectivity index (χ3n) is 2.69. The van der Waals surface area contributed by atoms with Crippen molar-refractivity contribution in [3.8, 4) is 0 Å². The lowest BCUT2D eigenvalue weighted by atomic mass is 10.3. The number of carbonyl (C=O) groups is 3. The van der Waals surface area contributed by atoms with E-state index < -0.39 is 0 Å². The number of rotatable bonds is 4. The summed E-state index contributed by atoms with van der Waals surface area (Å²) >= 11 is 0. The van der Waals surface area contributed by atoms with Crippen LogP contribution in [-0.4, -0.2) is 52.9 Å². The Balaban J connectivity index is 1.84. The average molecular weight is 266 g/mol. The van der Waals surface area contributed by atoms with Gasteiger partial charge in [0.05, 0.1) is 0 Å². The van der Waals surface area contributed by atoms with Gasteiger partial charge in [-0.2, -0.15) is 0 Å². The van der Waals surface area contributed by atoms with Gasteiger partial charge < -0.3 is 14.7 Å². The molecule has 4 amide bonds. The number of nitrogens with zero attached hydrogens (tertiary/aromatic N) is 3. The van der Waals surface area contributed by atoms with Gasteiger partial charge in [0.2, 0.25) is 11.8 Å². The van der Waals surface area contributed by atoms with Crippen molar-refractivity contribution < 1.29 is 18.9 Å². The average Bonchev–Trinajstić information content (AvgIpc) is 2.83. The van der Waals surface area contributed by atoms with Crippen LogP contribution in [0.3, 0.4) is 0 Å². The molecule has 1 aliphatic heterocycles. The van der Waals surface area contributed by atoms with Crippen molar-refractivity contribution in [2.45, 2.75) is 13.3 Å². The maximum atomic E-state index is 11.6. The van der Waals surface area contributed by atoms with Gasteiger partial charge >= 0.3 is 6.03 Å². The molecule has 0 unspecified atom stereocenters. The summed E-state index contributed by atoms with van der Waals surface area (Å²) in [4.78, 5) is 37.0. The van der Waals surface area contributed by atoms with Gasteiger partial charge in [-0.1, -0.05) is 5.16 Å². The Kier molecular flexibility index (Phi) is 3.50. The highest BCUT2D eigenvalue weighted by Crippen LogP contribution is 2.10. The fourth-order valence-corrected chi connectivity index (χ4v) is 1.73. The number of urea groups is 1. The van der Waals surface area contributed by atoms with Crippen molar-refractivity contribution in [1.29, 1.82) is 0 Å². The van der Waals surface area contributed by atoms with Gasteiger partial charge in [0.15, 0.2) is 5.82 Å². The normalized spacial score (nSPS) is 15.3. The largest absolute Gasteiger partial charge is 0.360 e. The van der Waals surface area contributed by atoms with E-state index in [1.54, 1.807) is 20.0 Å². The van der Waals surface area contributed by atoms with Gasteiger partial charge in [0.25, 0.3) is 0 Å². The summed E-state index contributed by atoms with van der Waals surface area (Å²) in [5.74, 6) is 0.279. The van der Waals surface area contributed by atoms with Crippen LogP contribution < -0.4 is 5.32 Å². The smallest absolute Gasteiger partial charge is 0.326 e. The third kappa shape index (κ3) is 2.90. The van der Waals surface area contributed by atoms with E-state index in [9.17, 15) is 14.4 Å². The van der Waals surface area contributed by atoms with Gasteiger partial charge in [-0.05, 0) is 6.92 Å². The standard InChI is InChI=1S/C11H14N4O4/c1-7-5-8(13-19-7)12-9(16)3-4-15-10(17)6-14(2)11(15)18/h5H,3-4,6H2,1-2H3,(H,12,13,16). The number of nitrogens with one attached hydrogen (secondary N) is 1. The van der Waals surface area contributed by atoms with Crippen LogP contribution in [-0.2, 0) is 9.59 Å². The molecule has 1 aliphatic rings. The van der Waals surface area contributed by atoms with Crippen LogP contribution in [0.4, 0.5) is 10.6 Å². The molecule has 8 nitrogen and oxygen atoms in total. The monoisotopic (exact) mass is 266 g/mol. The Bertz CT molecular complexity index is 525. The molecule has 2 heterocycles. The molecule has 1 aromatic rings. The quantitative estimate of drug-likeness (QED) is 0.786. The summed E-state index contributed by atoms with van der Waals surface area (Å²) in [6.45, 7) is 1.83. The van der Waals surface area contributed by atoms with Crippen LogP contribution in [0.25, 0.3) is 0 Å². The second-order valence-electron chi connectivity index (χ2n) is 4.30. The molecule has 0 radical (unpaired) electrons. The third-order valence-corrected chi connectivity index (χ3v) is 2.69. The first kappa shape index (κ1) is 13.1. The molecule has 1 fully saturated rings. The molecule has 0 atom stereocenters. The minimum absolute atomic E-state index is 0.0250. The fraction of sp³-hybridized carbons (Fsp3) is 0.455. The molecule has 102 valence electrons. The first-order chi connectivity index (χ1) is 8.97. The van der Waals surface area contributed by atoms with Crippen LogP contribution in [0.2, 0.25) is 0 Å². The van der Waals surface area contributed by atoms with E-state index in [0.29, 0.717) is 11.6 Å². The van der Waals surface area contributed by atoms with Gasteiger partial charge in [-0.3, -0.25) is 14.5 Å². The second-order valence-corrected chi connectivity index (χ2v) is 4.30. The van der Waals surface area contributed by atoms with Crippen molar-refractivity contribution in [3.63, 3.8) is 0 Å². The molecule has 19 heavy (non-hydrogen) atoms. The zero-order valence-electron chi connectivity index (χ0n) is 10.7. The highest BCUT2D eigenvalue weighted by molar-refractivity contribution is 6.02. The minimum Gasteiger partial charge on any atom is -0.360 e. The van der Waals surface area contributed by atoms with Crippen molar-refractivity contribution in [3.05, 3.63) is 11.8 Å². The van der Waals surface area contributed by atoms with Gasteiger partial charge in [-0.15, -0.1) is 0 Å². The van der Waals surface area contributed by atoms with Crippen molar-refractivity contribution in [2.24, 2.45) is 0 Å². The molecular formula is C11H14N4O4. The van der Waals surface area contributed by atoms with Gasteiger partial charge in [0, 0.05) is 26.1 Å². The Morgan fingerprint density at radius 3 is 2.79 bits per heavy atom. The number of hydrogen-bond acceptors (Lipinski definition) is 5. The number of anilines is 1. The van der Waals surface area contributed by atoms with Crippen LogP contribution in [0, 0.1) is 6.92 Å². The van der Waals surface area contributed by atoms with Gasteiger partial charge in [0.1, 0.15) is 12.3 Å². The maximum absolute atomic E-state index is 11.6. The highest BCUT2D eigenvalue weighted by Gasteiger charge is 2.33. The number of aryl methyl sites for hydroxylation is 1. The summed E-state index contributed by atoms with van der Waals surface area (Å²) in [7, 11) is 1.54. The molecule has 0 saturated carbocycles. The lowest BCUT2D eigenvalue weighted by Crippen LogP contribution is -2.34. The number of hydrogen-bond donors (Lipinski definition) is 1. The number of aromatic nitrogens is 1. The lowest BCUT2D eigenvalue weighted by Gasteiger charge is -2.13. The van der Waals surface area contributed by atoms with Gasteiger partial charge in [-0.25, -0.2) is 4.79 Å². The van der Waals surface area contributed by atoms with Crippen LogP contribution in [0.1, 0.15) is 12.2 Å². The molecule has 0 bridgehead atoms. The summed E-state index contributed by atoms with van der Waals surface area (Å²) in [5.41, 5.74) is 0. The fourth-order valence-electron chi connectivity index (χ4n) is 1.73. The molecular weight excluding hydrogens is 252 g/mol. The SMILES string of the molecule is Cc1cc(NC(=O)CCN2C(=O)CN(C)C2=O)no1. The highest BCUT2D eigenvalue weighted by atomic mass is 16.5. The summed E-state index contributed by atoms with van der Waals surface area (Å²) in [6.07, 6.45) is 0.0250. The van der Waals surface area contributed by atoms with Crippen LogP contribution >= 0.6 is 0 Å². The van der Waals surface area contributed by atoms with E-state index in [1.165, 1.54) is 4.90 Å². The van der Waals surface area contributed by atoms with E-state index in [4.69, 9.17) is 4.52 Å². The van der Waals surface area contributed by atoms with Crippen molar-refractivity contribution in [2.75, 3.05) is 25.5 Å². The number of amides is 4. The second kappa shape index (κ2) is 5.09. The van der Waals surface area contributed by atoms with E-state index in [-0.39, 0.29) is 37.4 Å². The Hall–Kier alpha value is -2.38. The predicted octanol–water partition coefficient (Wildman–Crippen LogP) is 0.206.